The van der Waals surface area contributed by atoms with Crippen molar-refractivity contribution < 1.29 is 19.7 Å². The maximum absolute atomic E-state index is 11.0. The number of benzene rings is 2. The number of carboxylic acid groups (broad SMARTS) is 1. The molecule has 0 aliphatic heterocycles. The van der Waals surface area contributed by atoms with Crippen LogP contribution in [0.1, 0.15) is 48.9 Å². The highest BCUT2D eigenvalue weighted by Gasteiger charge is 2.09. The van der Waals surface area contributed by atoms with E-state index >= 15 is 0 Å². The number of hydrogen-bond acceptors (Lipinski definition) is 5. The third-order valence-electron chi connectivity index (χ3n) is 4.12. The van der Waals surface area contributed by atoms with E-state index in [2.05, 4.69) is 26.2 Å². The van der Waals surface area contributed by atoms with Gasteiger partial charge in [-0.3, -0.25) is 0 Å². The first-order valence-electron chi connectivity index (χ1n) is 9.37. The zero-order chi connectivity index (χ0) is 20.2. The highest BCUT2D eigenvalue weighted by Crippen LogP contribution is 2.26. The first-order chi connectivity index (χ1) is 13.6. The smallest absolute Gasteiger partial charge is 0.339 e. The molecule has 0 amide bonds. The quantitative estimate of drug-likeness (QED) is 0.216. The number of alkyl halides is 1. The molecule has 7 heteroatoms. The fraction of sp³-hybridized carbons (Fsp3) is 0.381. The number of hydrogen-bond donors (Lipinski definition) is 2. The first-order valence-corrected chi connectivity index (χ1v) is 10.5. The number of unbranched alkanes of at least 4 members (excludes halogenated alkanes) is 5. The number of azo groups is 1. The van der Waals surface area contributed by atoms with Gasteiger partial charge >= 0.3 is 5.97 Å². The minimum absolute atomic E-state index is 0.205. The monoisotopic (exact) mass is 448 g/mol. The number of aromatic carboxylic acids is 1. The molecule has 0 aliphatic carbocycles. The van der Waals surface area contributed by atoms with E-state index < -0.39 is 5.97 Å². The Kier molecular flexibility index (Phi) is 9.48. The van der Waals surface area contributed by atoms with Crippen LogP contribution in [0.5, 0.6) is 11.5 Å². The molecule has 0 heterocycles. The number of nitrogens with zero attached hydrogens (tertiary/aromatic N) is 2. The fourth-order valence-corrected chi connectivity index (χ4v) is 2.97. The van der Waals surface area contributed by atoms with E-state index in [9.17, 15) is 9.90 Å². The Hall–Kier alpha value is -2.41. The Bertz CT molecular complexity index is 778. The molecule has 0 radical (unpaired) electrons. The summed E-state index contributed by atoms with van der Waals surface area (Å²) in [6, 6.07) is 11.3. The molecule has 0 bridgehead atoms. The number of carbonyl (C=O) groups is 1. The summed E-state index contributed by atoms with van der Waals surface area (Å²) in [6.07, 6.45) is 7.27. The Morgan fingerprint density at radius 2 is 1.50 bits per heavy atom. The number of carboxylic acids is 1. The van der Waals surface area contributed by atoms with Gasteiger partial charge in [0.15, 0.2) is 0 Å². The van der Waals surface area contributed by atoms with Crippen LogP contribution >= 0.6 is 15.9 Å². The van der Waals surface area contributed by atoms with Crippen LogP contribution in [0.25, 0.3) is 0 Å². The minimum atomic E-state index is -1.21. The minimum Gasteiger partial charge on any atom is -0.507 e. The Labute approximate surface area is 173 Å². The van der Waals surface area contributed by atoms with Gasteiger partial charge in [0.05, 0.1) is 18.0 Å². The number of ether oxygens (including phenoxy) is 1. The van der Waals surface area contributed by atoms with Crippen LogP contribution in [0, 0.1) is 0 Å². The first kappa shape index (κ1) is 21.9. The molecule has 0 aromatic heterocycles. The zero-order valence-corrected chi connectivity index (χ0v) is 17.3. The van der Waals surface area contributed by atoms with Crippen molar-refractivity contribution in [1.82, 2.24) is 0 Å². The average molecular weight is 449 g/mol. The second-order valence-corrected chi connectivity index (χ2v) is 7.15. The maximum Gasteiger partial charge on any atom is 0.339 e. The molecule has 0 fully saturated rings. The predicted molar refractivity (Wildman–Crippen MR) is 113 cm³/mol. The van der Waals surface area contributed by atoms with E-state index in [0.717, 1.165) is 17.5 Å². The van der Waals surface area contributed by atoms with E-state index in [1.165, 1.54) is 50.3 Å². The summed E-state index contributed by atoms with van der Waals surface area (Å²) >= 11 is 3.44. The van der Waals surface area contributed by atoms with Gasteiger partial charge in [-0.2, -0.15) is 10.2 Å². The van der Waals surface area contributed by atoms with Gasteiger partial charge < -0.3 is 14.9 Å². The molecular weight excluding hydrogens is 424 g/mol. The van der Waals surface area contributed by atoms with Gasteiger partial charge in [0.2, 0.25) is 0 Å². The topological polar surface area (TPSA) is 91.5 Å². The average Bonchev–Trinajstić information content (AvgIpc) is 2.70. The van der Waals surface area contributed by atoms with E-state index in [-0.39, 0.29) is 11.3 Å². The van der Waals surface area contributed by atoms with Crippen LogP contribution in [-0.2, 0) is 0 Å². The van der Waals surface area contributed by atoms with E-state index in [1.807, 2.05) is 12.1 Å². The van der Waals surface area contributed by atoms with Crippen molar-refractivity contribution in [2.45, 2.75) is 38.5 Å². The van der Waals surface area contributed by atoms with Crippen molar-refractivity contribution in [3.05, 3.63) is 48.0 Å². The van der Waals surface area contributed by atoms with E-state index in [1.54, 1.807) is 12.1 Å². The van der Waals surface area contributed by atoms with Gasteiger partial charge in [-0.25, -0.2) is 4.79 Å². The molecular formula is C21H25BrN2O4. The molecule has 0 atom stereocenters. The Morgan fingerprint density at radius 3 is 2.18 bits per heavy atom. The molecule has 2 aromatic rings. The number of aromatic hydroxyl groups is 1. The Balaban J connectivity index is 1.77. The lowest BCUT2D eigenvalue weighted by molar-refractivity contribution is 0.0693. The summed E-state index contributed by atoms with van der Waals surface area (Å²) in [5, 5.41) is 27.7. The molecule has 6 nitrogen and oxygen atoms in total. The van der Waals surface area contributed by atoms with Gasteiger partial charge in [0.1, 0.15) is 17.1 Å². The molecule has 150 valence electrons. The number of phenols is 1. The van der Waals surface area contributed by atoms with Crippen LogP contribution < -0.4 is 4.74 Å². The SMILES string of the molecule is O=C(O)c1cc(/N=N/c2ccc(OCCCCCCCCBr)cc2)ccc1O. The summed E-state index contributed by atoms with van der Waals surface area (Å²) in [5.41, 5.74) is 0.777. The van der Waals surface area contributed by atoms with Crippen molar-refractivity contribution in [3.63, 3.8) is 0 Å². The van der Waals surface area contributed by atoms with Gasteiger partial charge in [-0.05, 0) is 55.3 Å². The normalized spacial score (nSPS) is 11.0. The highest BCUT2D eigenvalue weighted by atomic mass is 79.9. The summed E-state index contributed by atoms with van der Waals surface area (Å²) in [7, 11) is 0. The molecule has 0 spiro atoms. The van der Waals surface area contributed by atoms with Gasteiger partial charge in [0, 0.05) is 5.33 Å². The van der Waals surface area contributed by atoms with Crippen molar-refractivity contribution in [2.75, 3.05) is 11.9 Å². The maximum atomic E-state index is 11.0. The highest BCUT2D eigenvalue weighted by molar-refractivity contribution is 9.09. The lowest BCUT2D eigenvalue weighted by Crippen LogP contribution is -1.96. The lowest BCUT2D eigenvalue weighted by Gasteiger charge is -2.06. The second-order valence-electron chi connectivity index (χ2n) is 6.36. The fourth-order valence-electron chi connectivity index (χ4n) is 2.58. The predicted octanol–water partition coefficient (Wildman–Crippen LogP) is 6.62. The Morgan fingerprint density at radius 1 is 0.893 bits per heavy atom. The molecule has 0 aliphatic rings. The third kappa shape index (κ3) is 7.68. The van der Waals surface area contributed by atoms with Gasteiger partial charge in [-0.1, -0.05) is 41.6 Å². The third-order valence-corrected chi connectivity index (χ3v) is 4.69. The van der Waals surface area contributed by atoms with Crippen molar-refractivity contribution in [2.24, 2.45) is 10.2 Å². The summed E-state index contributed by atoms with van der Waals surface area (Å²) < 4.78 is 5.73. The molecule has 2 aromatic carbocycles. The molecule has 28 heavy (non-hydrogen) atoms. The van der Waals surface area contributed by atoms with Crippen molar-refractivity contribution in [3.8, 4) is 11.5 Å². The molecule has 2 N–H and O–H groups in total. The molecule has 0 saturated heterocycles. The van der Waals surface area contributed by atoms with Crippen molar-refractivity contribution >= 4 is 33.3 Å². The summed E-state index contributed by atoms with van der Waals surface area (Å²) in [6.45, 7) is 0.699. The van der Waals surface area contributed by atoms with Gasteiger partial charge in [0.25, 0.3) is 0 Å². The van der Waals surface area contributed by atoms with Crippen LogP contribution in [0.3, 0.4) is 0 Å². The van der Waals surface area contributed by atoms with Crippen LogP contribution in [0.4, 0.5) is 11.4 Å². The van der Waals surface area contributed by atoms with Crippen LogP contribution in [-0.4, -0.2) is 28.1 Å². The summed E-state index contributed by atoms with van der Waals surface area (Å²) in [5.74, 6) is -0.724. The van der Waals surface area contributed by atoms with Crippen LogP contribution in [0.15, 0.2) is 52.7 Å². The second kappa shape index (κ2) is 12.1. The van der Waals surface area contributed by atoms with Crippen molar-refractivity contribution in [1.29, 1.82) is 0 Å². The van der Waals surface area contributed by atoms with E-state index in [4.69, 9.17) is 9.84 Å². The zero-order valence-electron chi connectivity index (χ0n) is 15.7. The molecule has 2 rings (SSSR count). The lowest BCUT2D eigenvalue weighted by atomic mass is 10.1. The largest absolute Gasteiger partial charge is 0.507 e. The van der Waals surface area contributed by atoms with E-state index in [0.29, 0.717) is 18.0 Å². The van der Waals surface area contributed by atoms with Crippen LogP contribution in [0.2, 0.25) is 0 Å². The molecule has 0 saturated carbocycles. The number of halogens is 1. The summed E-state index contributed by atoms with van der Waals surface area (Å²) in [4.78, 5) is 11.0. The van der Waals surface area contributed by atoms with Gasteiger partial charge in [-0.15, -0.1) is 0 Å². The number of rotatable bonds is 12. The standard InChI is InChI=1S/C21H25BrN2O4/c22-13-5-3-1-2-4-6-14-28-18-10-7-16(8-11-18)23-24-17-9-12-20(25)19(15-17)21(26)27/h7-12,15,25H,1-6,13-14H2,(H,26,27)/b24-23+. The molecule has 0 unspecified atom stereocenters.